The summed E-state index contributed by atoms with van der Waals surface area (Å²) in [5.74, 6) is -0.534. The summed E-state index contributed by atoms with van der Waals surface area (Å²) in [5, 5.41) is 0. The Bertz CT molecular complexity index is 729. The van der Waals surface area contributed by atoms with Gasteiger partial charge in [0, 0.05) is 0 Å². The average molecular weight is 402 g/mol. The van der Waals surface area contributed by atoms with Crippen LogP contribution in [0, 0.1) is 5.82 Å². The van der Waals surface area contributed by atoms with Crippen molar-refractivity contribution in [1.29, 1.82) is 0 Å². The van der Waals surface area contributed by atoms with E-state index in [1.54, 1.807) is 0 Å². The molecule has 0 aliphatic carbocycles. The van der Waals surface area contributed by atoms with E-state index in [0.717, 1.165) is 6.07 Å². The van der Waals surface area contributed by atoms with E-state index >= 15 is 0 Å². The maximum absolute atomic E-state index is 13.5. The topological polar surface area (TPSA) is 72.0 Å². The summed E-state index contributed by atoms with van der Waals surface area (Å²) in [4.78, 5) is -0.00145. The van der Waals surface area contributed by atoms with Crippen molar-refractivity contribution in [3.63, 3.8) is 0 Å². The third-order valence-corrected chi connectivity index (χ3v) is 5.29. The minimum absolute atomic E-state index is 0. The molecular weight excluding hydrogens is 386 g/mol. The molecule has 2 rings (SSSR count). The van der Waals surface area contributed by atoms with Crippen LogP contribution in [0.1, 0.15) is 0 Å². The molecule has 0 atom stereocenters. The van der Waals surface area contributed by atoms with Crippen molar-refractivity contribution < 1.29 is 29.7 Å². The number of aromatic nitrogens is 2. The summed E-state index contributed by atoms with van der Waals surface area (Å²) in [5.41, 5.74) is 0.197. The Labute approximate surface area is 135 Å². The van der Waals surface area contributed by atoms with E-state index in [-0.39, 0.29) is 28.3 Å². The Balaban J connectivity index is 0.00000220. The largest absolute Gasteiger partial charge is 1.00 e. The number of likely N-dealkylation sites (N-methyl/N-ethyl adjacent to an activating group) is 1. The predicted octanol–water partition coefficient (Wildman–Crippen LogP) is -3.19. The summed E-state index contributed by atoms with van der Waals surface area (Å²) < 4.78 is 49.1. The number of rotatable bonds is 5. The van der Waals surface area contributed by atoms with Gasteiger partial charge in [-0.2, -0.15) is 0 Å². The molecule has 1 aromatic heterocycles. The first kappa shape index (κ1) is 18.5. The second kappa shape index (κ2) is 6.68. The maximum atomic E-state index is 13.5. The van der Waals surface area contributed by atoms with Crippen molar-refractivity contribution in [3.8, 4) is 0 Å². The van der Waals surface area contributed by atoms with Crippen LogP contribution >= 0.6 is 0 Å². The van der Waals surface area contributed by atoms with E-state index in [2.05, 4.69) is 12.7 Å². The van der Waals surface area contributed by atoms with Crippen LogP contribution in [-0.4, -0.2) is 70.1 Å². The van der Waals surface area contributed by atoms with E-state index in [4.69, 9.17) is 0 Å². The third-order valence-electron chi connectivity index (χ3n) is 2.69. The smallest absolute Gasteiger partial charge is 1.00 e. The Morgan fingerprint density at radius 1 is 1.24 bits per heavy atom. The third kappa shape index (κ3) is 4.45. The number of nitrogens with zero attached hydrogens (tertiary/aromatic N) is 3. The van der Waals surface area contributed by atoms with Crippen LogP contribution in [0.15, 0.2) is 17.0 Å². The Kier molecular flexibility index (Phi) is 5.88. The number of fused-ring (bicyclic) bond motifs is 1. The van der Waals surface area contributed by atoms with Gasteiger partial charge in [-0.1, -0.05) is 0 Å². The summed E-state index contributed by atoms with van der Waals surface area (Å²) in [7, 11) is 2.22. The van der Waals surface area contributed by atoms with Gasteiger partial charge in [-0.05, 0) is 0 Å². The molecular formula is C11H16ClFN4O2SSe. The van der Waals surface area contributed by atoms with Crippen molar-refractivity contribution in [2.45, 2.75) is 4.90 Å². The van der Waals surface area contributed by atoms with Crippen molar-refractivity contribution in [3.05, 3.63) is 17.9 Å². The van der Waals surface area contributed by atoms with E-state index in [1.165, 1.54) is 6.07 Å². The van der Waals surface area contributed by atoms with E-state index in [0.29, 0.717) is 17.6 Å². The number of quaternary nitrogens is 1. The van der Waals surface area contributed by atoms with Gasteiger partial charge in [-0.15, -0.1) is 0 Å². The van der Waals surface area contributed by atoms with Crippen LogP contribution in [0.4, 0.5) is 4.39 Å². The summed E-state index contributed by atoms with van der Waals surface area (Å²) in [6, 6.07) is 2.36. The minimum atomic E-state index is -3.70. The van der Waals surface area contributed by atoms with Gasteiger partial charge in [0.25, 0.3) is 0 Å². The van der Waals surface area contributed by atoms with Crippen LogP contribution in [0.2, 0.25) is 0 Å². The van der Waals surface area contributed by atoms with Gasteiger partial charge in [0.2, 0.25) is 0 Å². The quantitative estimate of drug-likeness (QED) is 0.423. The molecule has 1 N–H and O–H groups in total. The second-order valence-electron chi connectivity index (χ2n) is 5.42. The van der Waals surface area contributed by atoms with Crippen molar-refractivity contribution in [2.24, 2.45) is 0 Å². The number of hydrogen-bond acceptors (Lipinski definition) is 4. The fraction of sp³-hybridized carbons (Fsp3) is 0.455. The van der Waals surface area contributed by atoms with E-state index in [9.17, 15) is 12.8 Å². The molecule has 0 unspecified atom stereocenters. The van der Waals surface area contributed by atoms with Gasteiger partial charge in [0.1, 0.15) is 0 Å². The molecule has 2 aromatic rings. The molecule has 0 fully saturated rings. The fourth-order valence-electron chi connectivity index (χ4n) is 1.62. The number of benzene rings is 1. The number of halogens is 2. The first-order valence-corrected chi connectivity index (χ1v) is 8.93. The van der Waals surface area contributed by atoms with Crippen molar-refractivity contribution >= 4 is 36.0 Å². The molecule has 0 aliphatic heterocycles. The van der Waals surface area contributed by atoms with E-state index < -0.39 is 30.8 Å². The average Bonchev–Trinajstić information content (AvgIpc) is 2.76. The number of sulfonamides is 1. The first-order chi connectivity index (χ1) is 9.21. The van der Waals surface area contributed by atoms with Crippen LogP contribution in [0.5, 0.6) is 0 Å². The minimum Gasteiger partial charge on any atom is -1.00 e. The standard InChI is InChI=1S/C11H16FN4O2SSe.ClH/c1-16(2,3)7-6-13-19(17,18)9-5-4-8(12)10-11(9)15-20-14-10;/h4-5,13H,6-7H2,1-3H3;1H/q+1;/p-1. The molecule has 0 saturated carbocycles. The number of hydrogen-bond donors (Lipinski definition) is 1. The molecule has 0 amide bonds. The van der Waals surface area contributed by atoms with Gasteiger partial charge in [-0.3, -0.25) is 0 Å². The zero-order valence-corrected chi connectivity index (χ0v) is 15.1. The Hall–Kier alpha value is -0.571. The van der Waals surface area contributed by atoms with Crippen molar-refractivity contribution in [1.82, 2.24) is 12.7 Å². The molecule has 0 saturated heterocycles. The summed E-state index contributed by atoms with van der Waals surface area (Å²) in [6.07, 6.45) is 0. The van der Waals surface area contributed by atoms with Crippen LogP contribution in [0.25, 0.3) is 11.0 Å². The Morgan fingerprint density at radius 2 is 1.86 bits per heavy atom. The van der Waals surface area contributed by atoms with Gasteiger partial charge in [-0.25, -0.2) is 0 Å². The molecule has 10 heteroatoms. The first-order valence-electron chi connectivity index (χ1n) is 5.92. The molecule has 6 nitrogen and oxygen atoms in total. The zero-order chi connectivity index (χ0) is 15.0. The molecule has 0 spiro atoms. The fourth-order valence-corrected chi connectivity index (χ4v) is 4.09. The SMILES string of the molecule is C[N+](C)(C)CCNS(=O)(=O)c1ccc(F)c2n[se]nc12.[Cl-]. The summed E-state index contributed by atoms with van der Waals surface area (Å²) >= 11 is -0.475. The van der Waals surface area contributed by atoms with Gasteiger partial charge in [0.15, 0.2) is 0 Å². The molecule has 1 heterocycles. The molecule has 0 radical (unpaired) electrons. The van der Waals surface area contributed by atoms with Crippen LogP contribution in [0.3, 0.4) is 0 Å². The zero-order valence-electron chi connectivity index (χ0n) is 11.8. The van der Waals surface area contributed by atoms with Gasteiger partial charge in [0.05, 0.1) is 0 Å². The molecule has 0 bridgehead atoms. The second-order valence-corrected chi connectivity index (χ2v) is 8.26. The van der Waals surface area contributed by atoms with Gasteiger partial charge >= 0.3 is 123 Å². The monoisotopic (exact) mass is 402 g/mol. The Morgan fingerprint density at radius 3 is 2.48 bits per heavy atom. The van der Waals surface area contributed by atoms with Crippen LogP contribution in [-0.2, 0) is 10.0 Å². The number of nitrogens with one attached hydrogen (secondary N) is 1. The predicted molar refractivity (Wildman–Crippen MR) is 74.5 cm³/mol. The summed E-state index contributed by atoms with van der Waals surface area (Å²) in [6.45, 7) is 0.953. The van der Waals surface area contributed by atoms with Crippen LogP contribution < -0.4 is 17.1 Å². The normalized spacial score (nSPS) is 12.4. The molecule has 21 heavy (non-hydrogen) atoms. The molecule has 0 aliphatic rings. The van der Waals surface area contributed by atoms with E-state index in [1.807, 2.05) is 21.1 Å². The molecule has 1 aromatic carbocycles. The maximum Gasteiger partial charge on any atom is -1.00 e. The molecule has 118 valence electrons. The van der Waals surface area contributed by atoms with Crippen molar-refractivity contribution in [2.75, 3.05) is 34.2 Å². The van der Waals surface area contributed by atoms with Gasteiger partial charge < -0.3 is 12.4 Å².